The first-order chi connectivity index (χ1) is 12.6. The minimum atomic E-state index is 0.102. The van der Waals surface area contributed by atoms with Gasteiger partial charge in [0.1, 0.15) is 4.83 Å². The number of thioether (sulfide) groups is 1. The highest BCUT2D eigenvalue weighted by atomic mass is 32.2. The molecule has 1 aliphatic rings. The molecular weight excluding hydrogens is 368 g/mol. The van der Waals surface area contributed by atoms with Crippen LogP contribution in [0.15, 0.2) is 14.5 Å². The highest BCUT2D eigenvalue weighted by Crippen LogP contribution is 2.36. The molecule has 0 fully saturated rings. The summed E-state index contributed by atoms with van der Waals surface area (Å²) in [5, 5.41) is 5.52. The largest absolute Gasteiger partial charge is 0.338 e. The van der Waals surface area contributed by atoms with E-state index in [1.54, 1.807) is 11.3 Å². The summed E-state index contributed by atoms with van der Waals surface area (Å²) in [6.07, 6.45) is 3.97. The van der Waals surface area contributed by atoms with E-state index in [2.05, 4.69) is 24.0 Å². The van der Waals surface area contributed by atoms with Crippen LogP contribution < -0.4 is 5.56 Å². The Morgan fingerprint density at radius 2 is 2.15 bits per heavy atom. The second-order valence-corrected chi connectivity index (χ2v) is 9.01. The summed E-state index contributed by atoms with van der Waals surface area (Å²) in [6, 6.07) is 0. The molecule has 6 nitrogen and oxygen atoms in total. The van der Waals surface area contributed by atoms with Gasteiger partial charge in [0.05, 0.1) is 11.1 Å². The van der Waals surface area contributed by atoms with Crippen molar-refractivity contribution in [1.29, 1.82) is 0 Å². The van der Waals surface area contributed by atoms with Crippen LogP contribution in [-0.2, 0) is 31.6 Å². The molecule has 0 atom stereocenters. The summed E-state index contributed by atoms with van der Waals surface area (Å²) in [7, 11) is 0. The second kappa shape index (κ2) is 7.15. The number of thiophene rings is 1. The zero-order valence-electron chi connectivity index (χ0n) is 15.2. The number of fused-ring (bicyclic) bond motifs is 3. The molecule has 0 saturated heterocycles. The maximum Gasteiger partial charge on any atom is 0.263 e. The van der Waals surface area contributed by atoms with Gasteiger partial charge in [-0.15, -0.1) is 11.3 Å². The summed E-state index contributed by atoms with van der Waals surface area (Å²) in [6.45, 7) is 6.90. The SMILES string of the molecule is CCc1noc(CSc2nc3sc4c(c3c(=O)n2CC(C)C)CCC4)n1. The first-order valence-corrected chi connectivity index (χ1v) is 10.9. The molecule has 138 valence electrons. The molecule has 0 bridgehead atoms. The first kappa shape index (κ1) is 17.7. The van der Waals surface area contributed by atoms with Crippen molar-refractivity contribution in [1.82, 2.24) is 19.7 Å². The van der Waals surface area contributed by atoms with Crippen LogP contribution in [0.5, 0.6) is 0 Å². The van der Waals surface area contributed by atoms with Gasteiger partial charge in [0.2, 0.25) is 5.89 Å². The van der Waals surface area contributed by atoms with Gasteiger partial charge < -0.3 is 4.52 Å². The first-order valence-electron chi connectivity index (χ1n) is 9.06. The molecule has 8 heteroatoms. The third-order valence-corrected chi connectivity index (χ3v) is 6.64. The van der Waals surface area contributed by atoms with Crippen molar-refractivity contribution in [2.24, 2.45) is 5.92 Å². The van der Waals surface area contributed by atoms with Crippen LogP contribution >= 0.6 is 23.1 Å². The van der Waals surface area contributed by atoms with Crippen molar-refractivity contribution in [2.75, 3.05) is 0 Å². The highest BCUT2D eigenvalue weighted by Gasteiger charge is 2.23. The van der Waals surface area contributed by atoms with E-state index in [9.17, 15) is 4.79 Å². The van der Waals surface area contributed by atoms with Crippen LogP contribution in [0.4, 0.5) is 0 Å². The Kier molecular flexibility index (Phi) is 4.88. The minimum absolute atomic E-state index is 0.102. The molecule has 0 radical (unpaired) electrons. The predicted molar refractivity (Wildman–Crippen MR) is 104 cm³/mol. The van der Waals surface area contributed by atoms with E-state index in [-0.39, 0.29) is 5.56 Å². The van der Waals surface area contributed by atoms with E-state index in [4.69, 9.17) is 9.51 Å². The minimum Gasteiger partial charge on any atom is -0.338 e. The summed E-state index contributed by atoms with van der Waals surface area (Å²) in [5.41, 5.74) is 1.34. The quantitative estimate of drug-likeness (QED) is 0.470. The third-order valence-electron chi connectivity index (χ3n) is 4.49. The van der Waals surface area contributed by atoms with Crippen LogP contribution in [0, 0.1) is 5.92 Å². The maximum atomic E-state index is 13.2. The fourth-order valence-corrected chi connectivity index (χ4v) is 5.46. The average molecular weight is 391 g/mol. The predicted octanol–water partition coefficient (Wildman–Crippen LogP) is 3.84. The molecule has 0 aliphatic heterocycles. The van der Waals surface area contributed by atoms with Crippen LogP contribution in [0.1, 0.15) is 49.3 Å². The van der Waals surface area contributed by atoms with Gasteiger partial charge in [-0.3, -0.25) is 9.36 Å². The van der Waals surface area contributed by atoms with Gasteiger partial charge in [-0.1, -0.05) is 37.7 Å². The van der Waals surface area contributed by atoms with E-state index < -0.39 is 0 Å². The Labute approximate surface area is 160 Å². The molecule has 0 N–H and O–H groups in total. The molecular formula is C18H22N4O2S2. The fourth-order valence-electron chi connectivity index (χ4n) is 3.31. The second-order valence-electron chi connectivity index (χ2n) is 6.99. The van der Waals surface area contributed by atoms with Gasteiger partial charge in [-0.25, -0.2) is 4.98 Å². The number of hydrogen-bond acceptors (Lipinski definition) is 7. The van der Waals surface area contributed by atoms with E-state index in [0.29, 0.717) is 29.9 Å². The van der Waals surface area contributed by atoms with Crippen LogP contribution in [0.25, 0.3) is 10.2 Å². The molecule has 0 unspecified atom stereocenters. The lowest BCUT2D eigenvalue weighted by Gasteiger charge is -2.13. The third kappa shape index (κ3) is 3.20. The van der Waals surface area contributed by atoms with Gasteiger partial charge in [-0.05, 0) is 30.7 Å². The summed E-state index contributed by atoms with van der Waals surface area (Å²) in [5.74, 6) is 2.17. The van der Waals surface area contributed by atoms with Gasteiger partial charge in [0, 0.05) is 17.8 Å². The van der Waals surface area contributed by atoms with Crippen molar-refractivity contribution >= 4 is 33.3 Å². The van der Waals surface area contributed by atoms with E-state index >= 15 is 0 Å². The van der Waals surface area contributed by atoms with Crippen molar-refractivity contribution in [3.63, 3.8) is 0 Å². The zero-order chi connectivity index (χ0) is 18.3. The van der Waals surface area contributed by atoms with Crippen molar-refractivity contribution in [3.05, 3.63) is 32.5 Å². The fraction of sp³-hybridized carbons (Fsp3) is 0.556. The Bertz CT molecular complexity index is 1000. The van der Waals surface area contributed by atoms with E-state index in [1.807, 2.05) is 11.5 Å². The lowest BCUT2D eigenvalue weighted by atomic mass is 10.2. The summed E-state index contributed by atoms with van der Waals surface area (Å²) in [4.78, 5) is 24.6. The number of rotatable bonds is 6. The van der Waals surface area contributed by atoms with Gasteiger partial charge >= 0.3 is 0 Å². The molecule has 26 heavy (non-hydrogen) atoms. The van der Waals surface area contributed by atoms with Gasteiger partial charge in [0.15, 0.2) is 11.0 Å². The van der Waals surface area contributed by atoms with E-state index in [1.165, 1.54) is 22.2 Å². The molecule has 3 heterocycles. The normalized spacial score (nSPS) is 13.8. The lowest BCUT2D eigenvalue weighted by molar-refractivity contribution is 0.385. The van der Waals surface area contributed by atoms with Crippen molar-refractivity contribution in [3.8, 4) is 0 Å². The summed E-state index contributed by atoms with van der Waals surface area (Å²) >= 11 is 3.18. The molecule has 0 amide bonds. The Hall–Kier alpha value is -1.67. The van der Waals surface area contributed by atoms with Crippen LogP contribution in [-0.4, -0.2) is 19.7 Å². The zero-order valence-corrected chi connectivity index (χ0v) is 16.9. The molecule has 0 spiro atoms. The Balaban J connectivity index is 1.73. The molecule has 3 aromatic heterocycles. The van der Waals surface area contributed by atoms with E-state index in [0.717, 1.165) is 41.1 Å². The maximum absolute atomic E-state index is 13.2. The smallest absolute Gasteiger partial charge is 0.263 e. The Morgan fingerprint density at radius 1 is 1.31 bits per heavy atom. The number of aryl methyl sites for hydroxylation is 3. The Morgan fingerprint density at radius 3 is 2.88 bits per heavy atom. The van der Waals surface area contributed by atoms with Crippen LogP contribution in [0.2, 0.25) is 0 Å². The number of aromatic nitrogens is 4. The summed E-state index contributed by atoms with van der Waals surface area (Å²) < 4.78 is 7.10. The molecule has 0 saturated carbocycles. The van der Waals surface area contributed by atoms with Crippen molar-refractivity contribution < 1.29 is 4.52 Å². The number of hydrogen-bond donors (Lipinski definition) is 0. The molecule has 3 aromatic rings. The monoisotopic (exact) mass is 390 g/mol. The molecule has 4 rings (SSSR count). The van der Waals surface area contributed by atoms with Gasteiger partial charge in [0.25, 0.3) is 5.56 Å². The topological polar surface area (TPSA) is 73.8 Å². The molecule has 1 aliphatic carbocycles. The van der Waals surface area contributed by atoms with Crippen LogP contribution in [0.3, 0.4) is 0 Å². The standard InChI is InChI=1S/C18H22N4O2S2/c1-4-13-19-14(24-21-13)9-25-18-20-16-15(11-6-5-7-12(11)26-16)17(23)22(18)8-10(2)3/h10H,4-9H2,1-3H3. The lowest BCUT2D eigenvalue weighted by Crippen LogP contribution is -2.25. The van der Waals surface area contributed by atoms with Gasteiger partial charge in [-0.2, -0.15) is 4.98 Å². The molecule has 0 aromatic carbocycles. The highest BCUT2D eigenvalue weighted by molar-refractivity contribution is 7.98. The van der Waals surface area contributed by atoms with Crippen molar-refractivity contribution in [2.45, 2.75) is 63.9 Å². The average Bonchev–Trinajstić information content (AvgIpc) is 3.30. The number of nitrogens with zero attached hydrogens (tertiary/aromatic N) is 4.